The molecule has 0 aromatic heterocycles. The highest BCUT2D eigenvalue weighted by molar-refractivity contribution is 6.56. The molecule has 2 aromatic carbocycles. The van der Waals surface area contributed by atoms with Crippen LogP contribution in [0, 0.1) is 11.3 Å². The fraction of sp³-hybridized carbons (Fsp3) is 0.333. The molecule has 1 fully saturated rings. The first-order valence-corrected chi connectivity index (χ1v) is 10.4. The topological polar surface area (TPSA) is 107 Å². The zero-order valence-corrected chi connectivity index (χ0v) is 18.8. The highest BCUT2D eigenvalue weighted by Gasteiger charge is 2.52. The van der Waals surface area contributed by atoms with Gasteiger partial charge in [-0.2, -0.15) is 5.26 Å². The molecule has 0 radical (unpaired) electrons. The fourth-order valence-corrected chi connectivity index (χ4v) is 3.13. The van der Waals surface area contributed by atoms with Crippen LogP contribution in [0.15, 0.2) is 54.0 Å². The van der Waals surface area contributed by atoms with Crippen molar-refractivity contribution in [2.45, 2.75) is 45.5 Å². The average Bonchev–Trinajstić information content (AvgIpc) is 2.97. The summed E-state index contributed by atoms with van der Waals surface area (Å²) in [4.78, 5) is 12.3. The van der Waals surface area contributed by atoms with Gasteiger partial charge >= 0.3 is 13.2 Å². The van der Waals surface area contributed by atoms with Gasteiger partial charge in [-0.05, 0) is 56.4 Å². The van der Waals surface area contributed by atoms with E-state index in [0.717, 1.165) is 11.1 Å². The van der Waals surface area contributed by atoms with Gasteiger partial charge in [-0.3, -0.25) is 0 Å². The second kappa shape index (κ2) is 9.47. The molecule has 7 nitrogen and oxygen atoms in total. The van der Waals surface area contributed by atoms with Crippen LogP contribution in [0.2, 0.25) is 0 Å². The highest BCUT2D eigenvalue weighted by Crippen LogP contribution is 2.38. The number of nitriles is 1. The molecule has 1 aliphatic rings. The molecule has 2 aromatic rings. The zero-order valence-electron chi connectivity index (χ0n) is 18.8. The van der Waals surface area contributed by atoms with E-state index in [1.807, 2.05) is 64.1 Å². The Bertz CT molecular complexity index is 1030. The van der Waals surface area contributed by atoms with Gasteiger partial charge in [0.25, 0.3) is 0 Å². The van der Waals surface area contributed by atoms with Gasteiger partial charge in [0.15, 0.2) is 0 Å². The minimum atomic E-state index is -0.661. The zero-order chi connectivity index (χ0) is 23.4. The molecule has 0 bridgehead atoms. The van der Waals surface area contributed by atoms with E-state index in [2.05, 4.69) is 11.4 Å². The lowest BCUT2D eigenvalue weighted by Gasteiger charge is -2.32. The third-order valence-electron chi connectivity index (χ3n) is 5.75. The van der Waals surface area contributed by atoms with Crippen molar-refractivity contribution in [3.05, 3.63) is 70.7 Å². The predicted molar refractivity (Wildman–Crippen MR) is 124 cm³/mol. The van der Waals surface area contributed by atoms with Crippen LogP contribution in [-0.2, 0) is 20.7 Å². The van der Waals surface area contributed by atoms with Gasteiger partial charge < -0.3 is 25.1 Å². The van der Waals surface area contributed by atoms with Gasteiger partial charge in [0.1, 0.15) is 12.7 Å². The van der Waals surface area contributed by atoms with Crippen molar-refractivity contribution in [3.8, 4) is 6.07 Å². The molecule has 3 rings (SSSR count). The number of hydrogen-bond acceptors (Lipinski definition) is 6. The second-order valence-corrected chi connectivity index (χ2v) is 8.68. The Kier molecular flexibility index (Phi) is 6.92. The Morgan fingerprint density at radius 2 is 1.81 bits per heavy atom. The minimum Gasteiger partial charge on any atom is -0.445 e. The van der Waals surface area contributed by atoms with Gasteiger partial charge in [-0.15, -0.1) is 0 Å². The Hall–Kier alpha value is -3.28. The first kappa shape index (κ1) is 23.4. The normalized spacial score (nSPS) is 17.0. The van der Waals surface area contributed by atoms with Crippen LogP contribution in [0.3, 0.4) is 0 Å². The van der Waals surface area contributed by atoms with E-state index in [4.69, 9.17) is 25.0 Å². The van der Waals surface area contributed by atoms with E-state index in [9.17, 15) is 4.79 Å². The number of nitrogens with two attached hydrogens (primary N) is 1. The minimum absolute atomic E-state index is 0.157. The molecule has 8 heteroatoms. The Morgan fingerprint density at radius 3 is 2.41 bits per heavy atom. The van der Waals surface area contributed by atoms with Crippen molar-refractivity contribution in [2.24, 2.45) is 0 Å². The van der Waals surface area contributed by atoms with Gasteiger partial charge in [-0.1, -0.05) is 42.5 Å². The highest BCUT2D eigenvalue weighted by atomic mass is 16.7. The van der Waals surface area contributed by atoms with Crippen molar-refractivity contribution in [3.63, 3.8) is 0 Å². The Morgan fingerprint density at radius 1 is 1.16 bits per heavy atom. The van der Waals surface area contributed by atoms with E-state index in [1.54, 1.807) is 18.2 Å². The van der Waals surface area contributed by atoms with Crippen LogP contribution in [0.4, 0.5) is 10.5 Å². The molecule has 0 atom stereocenters. The van der Waals surface area contributed by atoms with Crippen molar-refractivity contribution in [1.29, 1.82) is 5.26 Å². The molecule has 1 aliphatic heterocycles. The molecule has 32 heavy (non-hydrogen) atoms. The number of alkyl carbamates (subject to hydrolysis) is 1. The van der Waals surface area contributed by atoms with Crippen LogP contribution < -0.4 is 11.1 Å². The summed E-state index contributed by atoms with van der Waals surface area (Å²) in [6, 6.07) is 16.7. The molecule has 0 unspecified atom stereocenters. The average molecular weight is 433 g/mol. The Balaban J connectivity index is 1.76. The van der Waals surface area contributed by atoms with Gasteiger partial charge in [0, 0.05) is 6.54 Å². The van der Waals surface area contributed by atoms with E-state index in [0.29, 0.717) is 16.7 Å². The first-order valence-electron chi connectivity index (χ1n) is 10.4. The molecule has 3 N–H and O–H groups in total. The van der Waals surface area contributed by atoms with Crippen LogP contribution in [0.25, 0.3) is 6.08 Å². The molecule has 1 heterocycles. The molecule has 0 aliphatic carbocycles. The molecule has 0 spiro atoms. The lowest BCUT2D eigenvalue weighted by molar-refractivity contribution is 0.00578. The van der Waals surface area contributed by atoms with Gasteiger partial charge in [0.2, 0.25) is 0 Å². The number of carbonyl (C=O) groups excluding carboxylic acids is 1. The standard InChI is InChI=1S/C24H28BN3O4/c1-23(2)24(3,4)32-25(31-23)20(12-18-10-11-19(14-26)21(27)13-18)15-28-22(29)30-16-17-8-6-5-7-9-17/h5-13H,15-16,27H2,1-4H3,(H,28,29). The van der Waals surface area contributed by atoms with Gasteiger partial charge in [-0.25, -0.2) is 4.79 Å². The lowest BCUT2D eigenvalue weighted by Crippen LogP contribution is -2.41. The number of nitrogens with zero attached hydrogens (tertiary/aromatic N) is 1. The number of rotatable bonds is 6. The Labute approximate surface area is 189 Å². The SMILES string of the molecule is CC1(C)OB(C(=Cc2ccc(C#N)c(N)c2)CNC(=O)OCc2ccccc2)OC1(C)C. The lowest BCUT2D eigenvalue weighted by atomic mass is 9.77. The maximum Gasteiger partial charge on any atom is 0.492 e. The quantitative estimate of drug-likeness (QED) is 0.525. The van der Waals surface area contributed by atoms with Crippen LogP contribution >= 0.6 is 0 Å². The summed E-state index contributed by atoms with van der Waals surface area (Å²) >= 11 is 0. The predicted octanol–water partition coefficient (Wildman–Crippen LogP) is 4.08. The smallest absolute Gasteiger partial charge is 0.445 e. The van der Waals surface area contributed by atoms with E-state index < -0.39 is 24.4 Å². The number of ether oxygens (including phenoxy) is 1. The van der Waals surface area contributed by atoms with Crippen molar-refractivity contribution in [1.82, 2.24) is 5.32 Å². The van der Waals surface area contributed by atoms with Crippen molar-refractivity contribution >= 4 is 25.0 Å². The molecule has 166 valence electrons. The summed E-state index contributed by atoms with van der Waals surface area (Å²) in [7, 11) is -0.661. The number of carbonyl (C=O) groups is 1. The van der Waals surface area contributed by atoms with Crippen LogP contribution in [0.5, 0.6) is 0 Å². The summed E-state index contributed by atoms with van der Waals surface area (Å²) in [5.74, 6) is 0. The summed E-state index contributed by atoms with van der Waals surface area (Å²) < 4.78 is 17.6. The molecule has 0 saturated carbocycles. The second-order valence-electron chi connectivity index (χ2n) is 8.68. The number of benzene rings is 2. The van der Waals surface area contributed by atoms with Gasteiger partial charge in [0.05, 0.1) is 22.5 Å². The molecule has 1 amide bonds. The number of nitrogens with one attached hydrogen (secondary N) is 1. The van der Waals surface area contributed by atoms with Crippen molar-refractivity contribution < 1.29 is 18.8 Å². The monoisotopic (exact) mass is 433 g/mol. The molecule has 1 saturated heterocycles. The number of anilines is 1. The van der Waals surface area contributed by atoms with E-state index in [-0.39, 0.29) is 13.2 Å². The summed E-state index contributed by atoms with van der Waals surface area (Å²) in [6.45, 7) is 8.19. The van der Waals surface area contributed by atoms with E-state index >= 15 is 0 Å². The fourth-order valence-electron chi connectivity index (χ4n) is 3.13. The number of nitrogen functional groups attached to an aromatic ring is 1. The third kappa shape index (κ3) is 5.50. The van der Waals surface area contributed by atoms with Crippen LogP contribution in [-0.4, -0.2) is 31.0 Å². The summed E-state index contributed by atoms with van der Waals surface area (Å²) in [6.07, 6.45) is 1.30. The van der Waals surface area contributed by atoms with Crippen molar-refractivity contribution in [2.75, 3.05) is 12.3 Å². The third-order valence-corrected chi connectivity index (χ3v) is 5.75. The number of amides is 1. The maximum absolute atomic E-state index is 12.3. The first-order chi connectivity index (χ1) is 15.1. The van der Waals surface area contributed by atoms with E-state index in [1.165, 1.54) is 0 Å². The van der Waals surface area contributed by atoms with Crippen LogP contribution in [0.1, 0.15) is 44.4 Å². The largest absolute Gasteiger partial charge is 0.492 e. The maximum atomic E-state index is 12.3. The molecular weight excluding hydrogens is 405 g/mol. The molecular formula is C24H28BN3O4. The summed E-state index contributed by atoms with van der Waals surface area (Å²) in [5, 5.41) is 11.9. The summed E-state index contributed by atoms with van der Waals surface area (Å²) in [5.41, 5.74) is 8.05. The number of hydrogen-bond donors (Lipinski definition) is 2.